The third kappa shape index (κ3) is 18.0. The van der Waals surface area contributed by atoms with E-state index in [1.54, 1.807) is 13.0 Å². The first kappa shape index (κ1) is 25.3. The van der Waals surface area contributed by atoms with E-state index in [1.807, 2.05) is 27.7 Å². The molecular weight excluding hydrogens is 208 g/mol. The molecule has 0 aromatic carbocycles. The van der Waals surface area contributed by atoms with Gasteiger partial charge in [-0.25, -0.2) is 0 Å². The van der Waals surface area contributed by atoms with Gasteiger partial charge in [-0.3, -0.25) is 4.79 Å². The molecule has 1 aliphatic carbocycles. The van der Waals surface area contributed by atoms with Gasteiger partial charge in [0.05, 0.1) is 0 Å². The van der Waals surface area contributed by atoms with Crippen LogP contribution in [0.3, 0.4) is 0 Å². The largest absolute Gasteiger partial charge is 0.295 e. The Morgan fingerprint density at radius 1 is 0.941 bits per heavy atom. The maximum absolute atomic E-state index is 10.6. The number of carbonyl (C=O) groups excluding carboxylic acids is 1. The quantitative estimate of drug-likeness (QED) is 0.541. The summed E-state index contributed by atoms with van der Waals surface area (Å²) in [4.78, 5) is 10.6. The summed E-state index contributed by atoms with van der Waals surface area (Å²) < 4.78 is 0. The topological polar surface area (TPSA) is 17.1 Å². The third-order valence-electron chi connectivity index (χ3n) is 2.25. The Morgan fingerprint density at radius 2 is 1.35 bits per heavy atom. The van der Waals surface area contributed by atoms with Crippen LogP contribution in [0.15, 0.2) is 12.2 Å². The Kier molecular flexibility index (Phi) is 30.9. The molecule has 0 saturated heterocycles. The number of ketones is 1. The standard InChI is InChI=1S/C10H16O.2C2H6.2CH4/c1-9(11)7-8-10-5-3-2-4-6-10;2*1-2;;/h7-8,10H,2-6H2,1H3;2*1-2H3;2*1H4/b8-7+;;;;. The fourth-order valence-electron chi connectivity index (χ4n) is 1.60. The van der Waals surface area contributed by atoms with Crippen LogP contribution in [0.1, 0.15) is 81.6 Å². The summed E-state index contributed by atoms with van der Waals surface area (Å²) in [6.07, 6.45) is 10.4. The molecule has 0 aliphatic heterocycles. The number of hydrogen-bond acceptors (Lipinski definition) is 1. The zero-order chi connectivity index (χ0) is 12.1. The summed E-state index contributed by atoms with van der Waals surface area (Å²) in [5.74, 6) is 0.864. The molecule has 0 atom stereocenters. The van der Waals surface area contributed by atoms with Gasteiger partial charge in [0.2, 0.25) is 0 Å². The van der Waals surface area contributed by atoms with Crippen molar-refractivity contribution in [2.75, 3.05) is 0 Å². The summed E-state index contributed by atoms with van der Waals surface area (Å²) in [5.41, 5.74) is 0. The Hall–Kier alpha value is -0.590. The molecule has 1 heteroatoms. The number of rotatable bonds is 2. The number of hydrogen-bond donors (Lipinski definition) is 0. The van der Waals surface area contributed by atoms with Crippen LogP contribution in [0, 0.1) is 5.92 Å². The molecule has 0 N–H and O–H groups in total. The molecule has 0 spiro atoms. The van der Waals surface area contributed by atoms with Crippen LogP contribution < -0.4 is 0 Å². The third-order valence-corrected chi connectivity index (χ3v) is 2.25. The van der Waals surface area contributed by atoms with Gasteiger partial charge in [0, 0.05) is 0 Å². The van der Waals surface area contributed by atoms with E-state index >= 15 is 0 Å². The Bertz CT molecular complexity index is 153. The van der Waals surface area contributed by atoms with Gasteiger partial charge in [0.15, 0.2) is 5.78 Å². The second-order valence-corrected chi connectivity index (χ2v) is 3.37. The zero-order valence-corrected chi connectivity index (χ0v) is 11.2. The second kappa shape index (κ2) is 20.8. The van der Waals surface area contributed by atoms with E-state index in [1.165, 1.54) is 32.1 Å². The van der Waals surface area contributed by atoms with Crippen molar-refractivity contribution in [3.63, 3.8) is 0 Å². The zero-order valence-electron chi connectivity index (χ0n) is 11.2. The van der Waals surface area contributed by atoms with Crippen LogP contribution in [-0.2, 0) is 4.79 Å². The molecule has 0 bridgehead atoms. The van der Waals surface area contributed by atoms with E-state index < -0.39 is 0 Å². The van der Waals surface area contributed by atoms with Crippen molar-refractivity contribution >= 4 is 5.78 Å². The molecular formula is C16H36O. The van der Waals surface area contributed by atoms with Crippen molar-refractivity contribution < 1.29 is 4.79 Å². The first-order chi connectivity index (χ1) is 7.29. The lowest BCUT2D eigenvalue weighted by atomic mass is 9.89. The maximum atomic E-state index is 10.6. The monoisotopic (exact) mass is 244 g/mol. The average Bonchev–Trinajstić information content (AvgIpc) is 2.33. The Labute approximate surface area is 111 Å². The van der Waals surface area contributed by atoms with Crippen LogP contribution in [0.5, 0.6) is 0 Å². The highest BCUT2D eigenvalue weighted by Gasteiger charge is 2.09. The van der Waals surface area contributed by atoms with Crippen molar-refractivity contribution in [1.29, 1.82) is 0 Å². The van der Waals surface area contributed by atoms with E-state index in [9.17, 15) is 4.79 Å². The van der Waals surface area contributed by atoms with E-state index in [0.29, 0.717) is 5.92 Å². The van der Waals surface area contributed by atoms with Crippen molar-refractivity contribution in [1.82, 2.24) is 0 Å². The number of carbonyl (C=O) groups is 1. The summed E-state index contributed by atoms with van der Waals surface area (Å²) in [7, 11) is 0. The minimum Gasteiger partial charge on any atom is -0.295 e. The van der Waals surface area contributed by atoms with Crippen LogP contribution in [0.25, 0.3) is 0 Å². The lowest BCUT2D eigenvalue weighted by molar-refractivity contribution is -0.112. The van der Waals surface area contributed by atoms with Crippen molar-refractivity contribution in [3.8, 4) is 0 Å². The molecule has 1 fully saturated rings. The summed E-state index contributed by atoms with van der Waals surface area (Å²) in [6.45, 7) is 9.61. The Balaban J connectivity index is -0.000000128. The highest BCUT2D eigenvalue weighted by molar-refractivity contribution is 5.87. The fourth-order valence-corrected chi connectivity index (χ4v) is 1.60. The van der Waals surface area contributed by atoms with E-state index in [4.69, 9.17) is 0 Å². The predicted molar refractivity (Wildman–Crippen MR) is 82.6 cm³/mol. The number of allylic oxidation sites excluding steroid dienone is 2. The van der Waals surface area contributed by atoms with Crippen LogP contribution in [-0.4, -0.2) is 5.78 Å². The van der Waals surface area contributed by atoms with Gasteiger partial charge in [0.25, 0.3) is 0 Å². The molecule has 0 heterocycles. The fraction of sp³-hybridized carbons (Fsp3) is 0.812. The van der Waals surface area contributed by atoms with E-state index in [0.717, 1.165) is 0 Å². The normalized spacial score (nSPS) is 14.2. The smallest absolute Gasteiger partial charge is 0.152 e. The molecule has 106 valence electrons. The molecule has 0 radical (unpaired) electrons. The van der Waals surface area contributed by atoms with Crippen molar-refractivity contribution in [2.45, 2.75) is 81.6 Å². The van der Waals surface area contributed by atoms with Gasteiger partial charge in [-0.2, -0.15) is 0 Å². The molecule has 0 amide bonds. The highest BCUT2D eigenvalue weighted by Crippen LogP contribution is 2.24. The SMILES string of the molecule is C.C.CC.CC.CC(=O)/C=C/C1CCCCC1. The highest BCUT2D eigenvalue weighted by atomic mass is 16.1. The summed E-state index contributed by atoms with van der Waals surface area (Å²) in [6, 6.07) is 0. The maximum Gasteiger partial charge on any atom is 0.152 e. The van der Waals surface area contributed by atoms with Gasteiger partial charge in [0.1, 0.15) is 0 Å². The van der Waals surface area contributed by atoms with Gasteiger partial charge >= 0.3 is 0 Å². The van der Waals surface area contributed by atoms with Gasteiger partial charge in [-0.1, -0.05) is 67.9 Å². The van der Waals surface area contributed by atoms with Gasteiger partial charge in [-0.05, 0) is 31.8 Å². The Morgan fingerprint density at radius 3 is 1.71 bits per heavy atom. The van der Waals surface area contributed by atoms with Crippen LogP contribution in [0.2, 0.25) is 0 Å². The van der Waals surface area contributed by atoms with Crippen LogP contribution >= 0.6 is 0 Å². The van der Waals surface area contributed by atoms with Crippen LogP contribution in [0.4, 0.5) is 0 Å². The second-order valence-electron chi connectivity index (χ2n) is 3.37. The molecule has 17 heavy (non-hydrogen) atoms. The van der Waals surface area contributed by atoms with Gasteiger partial charge in [-0.15, -0.1) is 0 Å². The predicted octanol–water partition coefficient (Wildman–Crippen LogP) is 6.04. The molecule has 1 saturated carbocycles. The van der Waals surface area contributed by atoms with E-state index in [-0.39, 0.29) is 20.6 Å². The minimum atomic E-state index is 0. The lowest BCUT2D eigenvalue weighted by Gasteiger charge is -2.17. The molecule has 1 nitrogen and oxygen atoms in total. The first-order valence-electron chi connectivity index (χ1n) is 6.48. The van der Waals surface area contributed by atoms with Crippen molar-refractivity contribution in [3.05, 3.63) is 12.2 Å². The summed E-state index contributed by atoms with van der Waals surface area (Å²) >= 11 is 0. The first-order valence-corrected chi connectivity index (χ1v) is 6.48. The van der Waals surface area contributed by atoms with Gasteiger partial charge < -0.3 is 0 Å². The molecule has 0 unspecified atom stereocenters. The van der Waals surface area contributed by atoms with Crippen molar-refractivity contribution in [2.24, 2.45) is 5.92 Å². The summed E-state index contributed by atoms with van der Waals surface area (Å²) in [5, 5.41) is 0. The average molecular weight is 244 g/mol. The van der Waals surface area contributed by atoms with E-state index in [2.05, 4.69) is 6.08 Å². The lowest BCUT2D eigenvalue weighted by Crippen LogP contribution is -2.03. The minimum absolute atomic E-state index is 0. The molecule has 0 aromatic heterocycles. The molecule has 0 aromatic rings. The molecule has 1 rings (SSSR count). The molecule has 1 aliphatic rings.